The van der Waals surface area contributed by atoms with Crippen molar-refractivity contribution >= 4 is 6.03 Å². The molecule has 23 heavy (non-hydrogen) atoms. The molecule has 0 saturated carbocycles. The van der Waals surface area contributed by atoms with Gasteiger partial charge < -0.3 is 15.3 Å². The molecule has 1 unspecified atom stereocenters. The number of nitrogens with zero attached hydrogens (tertiary/aromatic N) is 3. The minimum absolute atomic E-state index is 0.133. The molecule has 122 valence electrons. The number of aromatic nitrogens is 2. The largest absolute Gasteiger partial charge is 0.391 e. The van der Waals surface area contributed by atoms with Crippen LogP contribution < -0.4 is 5.32 Å². The van der Waals surface area contributed by atoms with Crippen LogP contribution in [0.3, 0.4) is 0 Å². The first-order chi connectivity index (χ1) is 11.1. The molecule has 1 aromatic heterocycles. The van der Waals surface area contributed by atoms with E-state index in [-0.39, 0.29) is 6.03 Å². The van der Waals surface area contributed by atoms with Crippen LogP contribution in [-0.4, -0.2) is 45.0 Å². The highest BCUT2D eigenvalue weighted by molar-refractivity contribution is 5.74. The van der Waals surface area contributed by atoms with Gasteiger partial charge in [0.15, 0.2) is 0 Å². The molecule has 1 fully saturated rings. The summed E-state index contributed by atoms with van der Waals surface area (Å²) in [6.45, 7) is 1.52. The lowest BCUT2D eigenvalue weighted by atomic mass is 10.1. The zero-order valence-electron chi connectivity index (χ0n) is 13.3. The summed E-state index contributed by atoms with van der Waals surface area (Å²) in [6.07, 6.45) is 3.13. The number of nitrogens with one attached hydrogen (secondary N) is 1. The minimum Gasteiger partial charge on any atom is -0.391 e. The highest BCUT2D eigenvalue weighted by atomic mass is 16.3. The lowest BCUT2D eigenvalue weighted by molar-refractivity contribution is 0.0842. The van der Waals surface area contributed by atoms with Crippen LogP contribution in [0.1, 0.15) is 18.4 Å². The zero-order valence-corrected chi connectivity index (χ0v) is 13.3. The Morgan fingerprint density at radius 1 is 1.39 bits per heavy atom. The lowest BCUT2D eigenvalue weighted by Gasteiger charge is -2.30. The van der Waals surface area contributed by atoms with Crippen molar-refractivity contribution in [2.75, 3.05) is 13.1 Å². The lowest BCUT2D eigenvalue weighted by Crippen LogP contribution is -2.46. The fourth-order valence-corrected chi connectivity index (χ4v) is 2.93. The molecule has 0 bridgehead atoms. The third kappa shape index (κ3) is 3.71. The molecule has 1 atom stereocenters. The first-order valence-corrected chi connectivity index (χ1v) is 7.92. The Morgan fingerprint density at radius 3 is 2.91 bits per heavy atom. The third-order valence-corrected chi connectivity index (χ3v) is 4.07. The molecule has 2 aromatic rings. The molecule has 1 aromatic carbocycles. The third-order valence-electron chi connectivity index (χ3n) is 4.07. The van der Waals surface area contributed by atoms with Crippen LogP contribution >= 0.6 is 0 Å². The monoisotopic (exact) mass is 314 g/mol. The van der Waals surface area contributed by atoms with Crippen molar-refractivity contribution in [3.05, 3.63) is 42.1 Å². The number of likely N-dealkylation sites (tertiary alicyclic amines) is 1. The molecular weight excluding hydrogens is 292 g/mol. The molecule has 3 rings (SSSR count). The van der Waals surface area contributed by atoms with Crippen LogP contribution in [0.25, 0.3) is 11.3 Å². The second-order valence-corrected chi connectivity index (χ2v) is 5.94. The minimum atomic E-state index is -0.409. The van der Waals surface area contributed by atoms with E-state index in [1.807, 2.05) is 43.6 Å². The second kappa shape index (κ2) is 6.83. The SMILES string of the molecule is Cn1cc(CNC(=O)N2CCCC(O)C2)c(-c2ccccc2)n1. The fraction of sp³-hybridized carbons (Fsp3) is 0.412. The van der Waals surface area contributed by atoms with Gasteiger partial charge in [-0.2, -0.15) is 5.10 Å². The number of carbonyl (C=O) groups is 1. The number of piperidine rings is 1. The van der Waals surface area contributed by atoms with Crippen LogP contribution in [0.5, 0.6) is 0 Å². The van der Waals surface area contributed by atoms with Crippen LogP contribution in [0, 0.1) is 0 Å². The maximum Gasteiger partial charge on any atom is 0.317 e. The summed E-state index contributed by atoms with van der Waals surface area (Å²) in [7, 11) is 1.87. The molecule has 6 heteroatoms. The Kier molecular flexibility index (Phi) is 4.62. The number of hydrogen-bond donors (Lipinski definition) is 2. The highest BCUT2D eigenvalue weighted by Crippen LogP contribution is 2.21. The number of urea groups is 1. The standard InChI is InChI=1S/C17H22N4O2/c1-20-11-14(16(19-20)13-6-3-2-4-7-13)10-18-17(23)21-9-5-8-15(22)12-21/h2-4,6-7,11,15,22H,5,8-10,12H2,1H3,(H,18,23). The smallest absolute Gasteiger partial charge is 0.317 e. The van der Waals surface area contributed by atoms with E-state index in [9.17, 15) is 9.90 Å². The van der Waals surface area contributed by atoms with Gasteiger partial charge in [0.25, 0.3) is 0 Å². The number of hydrogen-bond acceptors (Lipinski definition) is 3. The van der Waals surface area contributed by atoms with Gasteiger partial charge in [0.1, 0.15) is 0 Å². The van der Waals surface area contributed by atoms with Crippen molar-refractivity contribution in [2.24, 2.45) is 7.05 Å². The van der Waals surface area contributed by atoms with Gasteiger partial charge in [-0.1, -0.05) is 30.3 Å². The van der Waals surface area contributed by atoms with Crippen LogP contribution in [-0.2, 0) is 13.6 Å². The topological polar surface area (TPSA) is 70.4 Å². The molecule has 1 aliphatic rings. The fourth-order valence-electron chi connectivity index (χ4n) is 2.93. The number of carbonyl (C=O) groups excluding carboxylic acids is 1. The Hall–Kier alpha value is -2.34. The van der Waals surface area contributed by atoms with E-state index in [0.29, 0.717) is 19.6 Å². The van der Waals surface area contributed by atoms with E-state index < -0.39 is 6.10 Å². The van der Waals surface area contributed by atoms with Crippen LogP contribution in [0.15, 0.2) is 36.5 Å². The first-order valence-electron chi connectivity index (χ1n) is 7.92. The summed E-state index contributed by atoms with van der Waals surface area (Å²) in [5, 5.41) is 17.1. The molecule has 0 aliphatic carbocycles. The molecule has 2 amide bonds. The Morgan fingerprint density at radius 2 is 2.17 bits per heavy atom. The van der Waals surface area contributed by atoms with E-state index in [1.165, 1.54) is 0 Å². The maximum absolute atomic E-state index is 12.2. The Labute approximate surface area is 135 Å². The number of rotatable bonds is 3. The normalized spacial score (nSPS) is 18.0. The van der Waals surface area contributed by atoms with Crippen molar-refractivity contribution in [2.45, 2.75) is 25.5 Å². The molecule has 1 aliphatic heterocycles. The number of amides is 2. The van der Waals surface area contributed by atoms with Crippen molar-refractivity contribution in [3.63, 3.8) is 0 Å². The second-order valence-electron chi connectivity index (χ2n) is 5.94. The van der Waals surface area contributed by atoms with Gasteiger partial charge >= 0.3 is 6.03 Å². The van der Waals surface area contributed by atoms with Gasteiger partial charge in [-0.15, -0.1) is 0 Å². The molecular formula is C17H22N4O2. The van der Waals surface area contributed by atoms with Gasteiger partial charge in [-0.05, 0) is 12.8 Å². The quantitative estimate of drug-likeness (QED) is 0.907. The van der Waals surface area contributed by atoms with Gasteiger partial charge in [0.2, 0.25) is 0 Å². The number of benzene rings is 1. The summed E-state index contributed by atoms with van der Waals surface area (Å²) in [6, 6.07) is 9.80. The van der Waals surface area contributed by atoms with Crippen molar-refractivity contribution < 1.29 is 9.90 Å². The summed E-state index contributed by atoms with van der Waals surface area (Å²) in [5.41, 5.74) is 2.89. The van der Waals surface area contributed by atoms with Crippen LogP contribution in [0.2, 0.25) is 0 Å². The number of aliphatic hydroxyl groups is 1. The summed E-state index contributed by atoms with van der Waals surface area (Å²) in [5.74, 6) is 0. The van der Waals surface area contributed by atoms with E-state index in [2.05, 4.69) is 10.4 Å². The highest BCUT2D eigenvalue weighted by Gasteiger charge is 2.22. The van der Waals surface area contributed by atoms with Gasteiger partial charge in [-0.3, -0.25) is 4.68 Å². The van der Waals surface area contributed by atoms with Gasteiger partial charge in [-0.25, -0.2) is 4.79 Å². The van der Waals surface area contributed by atoms with Crippen molar-refractivity contribution in [1.29, 1.82) is 0 Å². The predicted octanol–water partition coefficient (Wildman–Crippen LogP) is 1.75. The van der Waals surface area contributed by atoms with Crippen molar-refractivity contribution in [3.8, 4) is 11.3 Å². The Balaban J connectivity index is 1.68. The van der Waals surface area contributed by atoms with Crippen molar-refractivity contribution in [1.82, 2.24) is 20.0 Å². The average molecular weight is 314 g/mol. The summed E-state index contributed by atoms with van der Waals surface area (Å²) < 4.78 is 1.76. The van der Waals surface area contributed by atoms with E-state index >= 15 is 0 Å². The number of aryl methyl sites for hydroxylation is 1. The van der Waals surface area contributed by atoms with Gasteiger partial charge in [0, 0.05) is 44.0 Å². The van der Waals surface area contributed by atoms with Gasteiger partial charge in [0.05, 0.1) is 11.8 Å². The van der Waals surface area contributed by atoms with E-state index in [1.54, 1.807) is 9.58 Å². The van der Waals surface area contributed by atoms with E-state index in [0.717, 1.165) is 29.7 Å². The maximum atomic E-state index is 12.2. The molecule has 0 radical (unpaired) electrons. The molecule has 0 spiro atoms. The first kappa shape index (κ1) is 15.6. The molecule has 2 N–H and O–H groups in total. The molecule has 2 heterocycles. The summed E-state index contributed by atoms with van der Waals surface area (Å²) >= 11 is 0. The average Bonchev–Trinajstić information content (AvgIpc) is 2.94. The Bertz CT molecular complexity index is 668. The predicted molar refractivity (Wildman–Crippen MR) is 87.7 cm³/mol. The molecule has 1 saturated heterocycles. The van der Waals surface area contributed by atoms with E-state index in [4.69, 9.17) is 0 Å². The number of β-amino-alcohol motifs (C(OH)–C–C–N with tert-alkyl or cyclic N) is 1. The van der Waals surface area contributed by atoms with Crippen LogP contribution in [0.4, 0.5) is 4.79 Å². The molecule has 6 nitrogen and oxygen atoms in total. The number of aliphatic hydroxyl groups excluding tert-OH is 1. The summed E-state index contributed by atoms with van der Waals surface area (Å²) in [4.78, 5) is 13.9. The zero-order chi connectivity index (χ0) is 16.2.